The molecule has 0 amide bonds. The first-order valence-corrected chi connectivity index (χ1v) is 6.98. The molecule has 104 valence electrons. The van der Waals surface area contributed by atoms with Gasteiger partial charge in [0, 0.05) is 4.88 Å². The van der Waals surface area contributed by atoms with Crippen LogP contribution in [-0.4, -0.2) is 22.2 Å². The summed E-state index contributed by atoms with van der Waals surface area (Å²) in [7, 11) is 0. The van der Waals surface area contributed by atoms with Crippen LogP contribution in [0.1, 0.15) is 24.0 Å². The average Bonchev–Trinajstić information content (AvgIpc) is 2.90. The lowest BCUT2D eigenvalue weighted by molar-refractivity contribution is -0.138. The topological polar surface area (TPSA) is 74.6 Å². The predicted molar refractivity (Wildman–Crippen MR) is 77.1 cm³/mol. The summed E-state index contributed by atoms with van der Waals surface area (Å²) in [4.78, 5) is 23.0. The molecule has 0 fully saturated rings. The zero-order valence-corrected chi connectivity index (χ0v) is 11.7. The molecule has 5 heteroatoms. The van der Waals surface area contributed by atoms with E-state index in [-0.39, 0.29) is 6.42 Å². The largest absolute Gasteiger partial charge is 0.481 e. The maximum Gasteiger partial charge on any atom is 0.310 e. The molecule has 1 heterocycles. The number of thiophene rings is 1. The molecule has 4 nitrogen and oxygen atoms in total. The molecule has 0 spiro atoms. The van der Waals surface area contributed by atoms with Crippen molar-refractivity contribution in [2.45, 2.75) is 19.3 Å². The van der Waals surface area contributed by atoms with Gasteiger partial charge in [-0.3, -0.25) is 9.59 Å². The molecular formula is C15H14O4S. The highest BCUT2D eigenvalue weighted by atomic mass is 32.1. The summed E-state index contributed by atoms with van der Waals surface area (Å²) >= 11 is 1.53. The standard InChI is InChI=1S/C15H14O4S/c1-9(15(18)19)10-4-5-12(13-3-2-6-20-13)11(7-10)8-14(16)17/h2-7,9H,8H2,1H3,(H,16,17)(H,18,19). The Balaban J connectivity index is 2.48. The molecule has 0 bridgehead atoms. The highest BCUT2D eigenvalue weighted by molar-refractivity contribution is 7.13. The van der Waals surface area contributed by atoms with Gasteiger partial charge in [-0.2, -0.15) is 0 Å². The Bertz CT molecular complexity index is 631. The molecule has 0 radical (unpaired) electrons. The average molecular weight is 290 g/mol. The van der Waals surface area contributed by atoms with E-state index >= 15 is 0 Å². The quantitative estimate of drug-likeness (QED) is 0.886. The van der Waals surface area contributed by atoms with Gasteiger partial charge in [-0.05, 0) is 35.1 Å². The number of rotatable bonds is 5. The zero-order valence-electron chi connectivity index (χ0n) is 10.9. The van der Waals surface area contributed by atoms with Crippen molar-refractivity contribution in [3.63, 3.8) is 0 Å². The molecule has 2 aromatic rings. The molecule has 0 aliphatic heterocycles. The maximum absolute atomic E-state index is 11.0. The van der Waals surface area contributed by atoms with Gasteiger partial charge >= 0.3 is 11.9 Å². The molecule has 0 aliphatic carbocycles. The molecule has 2 N–H and O–H groups in total. The normalized spacial score (nSPS) is 12.1. The maximum atomic E-state index is 11.0. The summed E-state index contributed by atoms with van der Waals surface area (Å²) in [6.07, 6.45) is -0.118. The van der Waals surface area contributed by atoms with E-state index in [9.17, 15) is 9.59 Å². The van der Waals surface area contributed by atoms with E-state index in [0.717, 1.165) is 10.4 Å². The molecule has 1 aromatic heterocycles. The van der Waals surface area contributed by atoms with E-state index in [4.69, 9.17) is 10.2 Å². The van der Waals surface area contributed by atoms with Crippen molar-refractivity contribution >= 4 is 23.3 Å². The molecule has 0 saturated carbocycles. The molecule has 0 aliphatic rings. The third-order valence-corrected chi connectivity index (χ3v) is 4.03. The van der Waals surface area contributed by atoms with E-state index < -0.39 is 17.9 Å². The van der Waals surface area contributed by atoms with Crippen molar-refractivity contribution in [1.29, 1.82) is 0 Å². The van der Waals surface area contributed by atoms with Crippen molar-refractivity contribution in [3.8, 4) is 10.4 Å². The number of carboxylic acids is 2. The molecule has 20 heavy (non-hydrogen) atoms. The minimum Gasteiger partial charge on any atom is -0.481 e. The van der Waals surface area contributed by atoms with Crippen LogP contribution < -0.4 is 0 Å². The van der Waals surface area contributed by atoms with Crippen LogP contribution in [0.15, 0.2) is 35.7 Å². The summed E-state index contributed by atoms with van der Waals surface area (Å²) < 4.78 is 0. The first-order valence-electron chi connectivity index (χ1n) is 6.10. The van der Waals surface area contributed by atoms with Gasteiger partial charge in [-0.25, -0.2) is 0 Å². The monoisotopic (exact) mass is 290 g/mol. The second-order valence-electron chi connectivity index (χ2n) is 4.52. The first-order chi connectivity index (χ1) is 9.49. The second kappa shape index (κ2) is 5.88. The van der Waals surface area contributed by atoms with Crippen LogP contribution in [0.25, 0.3) is 10.4 Å². The van der Waals surface area contributed by atoms with Crippen molar-refractivity contribution in [3.05, 3.63) is 46.8 Å². The van der Waals surface area contributed by atoms with Crippen molar-refractivity contribution in [2.75, 3.05) is 0 Å². The molecule has 1 atom stereocenters. The Morgan fingerprint density at radius 1 is 1.25 bits per heavy atom. The minimum atomic E-state index is -0.928. The van der Waals surface area contributed by atoms with Crippen LogP contribution in [0.4, 0.5) is 0 Å². The van der Waals surface area contributed by atoms with E-state index in [1.807, 2.05) is 17.5 Å². The van der Waals surface area contributed by atoms with Crippen LogP contribution >= 0.6 is 11.3 Å². The van der Waals surface area contributed by atoms with E-state index in [1.165, 1.54) is 11.3 Å². The number of aliphatic carboxylic acids is 2. The number of carbonyl (C=O) groups is 2. The highest BCUT2D eigenvalue weighted by Crippen LogP contribution is 2.31. The lowest BCUT2D eigenvalue weighted by Crippen LogP contribution is -2.09. The molecule has 0 saturated heterocycles. The summed E-state index contributed by atoms with van der Waals surface area (Å²) in [5, 5.41) is 20.0. The van der Waals surface area contributed by atoms with E-state index in [1.54, 1.807) is 25.1 Å². The summed E-state index contributed by atoms with van der Waals surface area (Å²) in [6, 6.07) is 9.06. The number of hydrogen-bond acceptors (Lipinski definition) is 3. The van der Waals surface area contributed by atoms with Gasteiger partial charge < -0.3 is 10.2 Å². The Labute approximate surface area is 120 Å². The number of hydrogen-bond donors (Lipinski definition) is 2. The number of carboxylic acid groups (broad SMARTS) is 2. The SMILES string of the molecule is CC(C(=O)O)c1ccc(-c2cccs2)c(CC(=O)O)c1. The molecular weight excluding hydrogens is 276 g/mol. The van der Waals surface area contributed by atoms with Gasteiger partial charge in [0.2, 0.25) is 0 Å². The van der Waals surface area contributed by atoms with Gasteiger partial charge in [0.15, 0.2) is 0 Å². The van der Waals surface area contributed by atoms with Gasteiger partial charge in [0.25, 0.3) is 0 Å². The van der Waals surface area contributed by atoms with Gasteiger partial charge in [-0.15, -0.1) is 11.3 Å². The Hall–Kier alpha value is -2.14. The molecule has 2 rings (SSSR count). The third-order valence-electron chi connectivity index (χ3n) is 3.13. The highest BCUT2D eigenvalue weighted by Gasteiger charge is 2.17. The summed E-state index contributed by atoms with van der Waals surface area (Å²) in [6.45, 7) is 1.59. The van der Waals surface area contributed by atoms with Crippen LogP contribution in [0.3, 0.4) is 0 Å². The predicted octanol–water partition coefficient (Wildman–Crippen LogP) is 3.23. The lowest BCUT2D eigenvalue weighted by atomic mass is 9.94. The molecule has 1 aromatic carbocycles. The fraction of sp³-hybridized carbons (Fsp3) is 0.200. The smallest absolute Gasteiger partial charge is 0.310 e. The Kier molecular flexibility index (Phi) is 4.20. The lowest BCUT2D eigenvalue weighted by Gasteiger charge is -2.12. The second-order valence-corrected chi connectivity index (χ2v) is 5.47. The summed E-state index contributed by atoms with van der Waals surface area (Å²) in [5.41, 5.74) is 2.11. The van der Waals surface area contributed by atoms with E-state index in [2.05, 4.69) is 0 Å². The third kappa shape index (κ3) is 3.05. The van der Waals surface area contributed by atoms with Crippen LogP contribution in [0, 0.1) is 0 Å². The molecule has 1 unspecified atom stereocenters. The Morgan fingerprint density at radius 3 is 2.55 bits per heavy atom. The van der Waals surface area contributed by atoms with Crippen molar-refractivity contribution in [1.82, 2.24) is 0 Å². The van der Waals surface area contributed by atoms with Crippen LogP contribution in [0.2, 0.25) is 0 Å². The van der Waals surface area contributed by atoms with Gasteiger partial charge in [0.1, 0.15) is 0 Å². The summed E-state index contributed by atoms with van der Waals surface area (Å²) in [5.74, 6) is -2.50. The fourth-order valence-corrected chi connectivity index (χ4v) is 2.79. The Morgan fingerprint density at radius 2 is 2.00 bits per heavy atom. The van der Waals surface area contributed by atoms with Gasteiger partial charge in [0.05, 0.1) is 12.3 Å². The van der Waals surface area contributed by atoms with Crippen molar-refractivity contribution < 1.29 is 19.8 Å². The minimum absolute atomic E-state index is 0.118. The van der Waals surface area contributed by atoms with E-state index in [0.29, 0.717) is 11.1 Å². The van der Waals surface area contributed by atoms with Crippen LogP contribution in [-0.2, 0) is 16.0 Å². The van der Waals surface area contributed by atoms with Crippen LogP contribution in [0.5, 0.6) is 0 Å². The van der Waals surface area contributed by atoms with Crippen molar-refractivity contribution in [2.24, 2.45) is 0 Å². The first kappa shape index (κ1) is 14.3. The van der Waals surface area contributed by atoms with Gasteiger partial charge in [-0.1, -0.05) is 24.3 Å². The number of benzene rings is 1. The zero-order chi connectivity index (χ0) is 14.7. The fourth-order valence-electron chi connectivity index (χ4n) is 2.01.